The van der Waals surface area contributed by atoms with E-state index >= 15 is 0 Å². The molecule has 0 amide bonds. The van der Waals surface area contributed by atoms with E-state index < -0.39 is 0 Å². The quantitative estimate of drug-likeness (QED) is 0.213. The lowest BCUT2D eigenvalue weighted by molar-refractivity contribution is -0.120. The summed E-state index contributed by atoms with van der Waals surface area (Å²) in [7, 11) is 0. The lowest BCUT2D eigenvalue weighted by atomic mass is 9.98. The Morgan fingerprint density at radius 2 is 1.97 bits per heavy atom. The first-order valence-corrected chi connectivity index (χ1v) is 10.6. The van der Waals surface area contributed by atoms with E-state index in [9.17, 15) is 9.59 Å². The lowest BCUT2D eigenvalue weighted by Crippen LogP contribution is -2.10. The maximum atomic E-state index is 12.2. The molecule has 0 spiro atoms. The fraction of sp³-hybridized carbons (Fsp3) is 0.360. The molecule has 1 rings (SSSR count). The van der Waals surface area contributed by atoms with Gasteiger partial charge in [0.25, 0.3) is 0 Å². The number of Topliss-reactive ketones (excluding diaryl/α,β-unsaturated/α-hetero) is 2. The average molecular weight is 413 g/mol. The Balaban J connectivity index is 3.00. The number of carbonyl (C=O) groups excluding carboxylic acids is 2. The highest BCUT2D eigenvalue weighted by Crippen LogP contribution is 2.32. The summed E-state index contributed by atoms with van der Waals surface area (Å²) in [6.07, 6.45) is 6.23. The van der Waals surface area contributed by atoms with Crippen molar-refractivity contribution in [2.24, 2.45) is 5.92 Å². The zero-order chi connectivity index (χ0) is 22.0. The molecule has 0 fully saturated rings. The highest BCUT2D eigenvalue weighted by atomic mass is 32.2. The van der Waals surface area contributed by atoms with Gasteiger partial charge < -0.3 is 4.74 Å². The molecule has 0 saturated heterocycles. The summed E-state index contributed by atoms with van der Waals surface area (Å²) in [5.74, 6) is 0.557. The third-order valence-electron chi connectivity index (χ3n) is 4.52. The number of aryl methyl sites for hydroxylation is 1. The zero-order valence-corrected chi connectivity index (χ0v) is 19.0. The summed E-state index contributed by atoms with van der Waals surface area (Å²) in [5, 5.41) is 0. The summed E-state index contributed by atoms with van der Waals surface area (Å²) in [4.78, 5) is 25.2. The number of thioether (sulfide) groups is 1. The molecule has 0 heterocycles. The number of carbonyl (C=O) groups is 2. The van der Waals surface area contributed by atoms with Gasteiger partial charge in [-0.2, -0.15) is 0 Å². The van der Waals surface area contributed by atoms with Gasteiger partial charge in [0.15, 0.2) is 5.78 Å². The van der Waals surface area contributed by atoms with Crippen molar-refractivity contribution in [2.75, 3.05) is 0 Å². The SMILES string of the molecule is C=C/C=C(/C=C(/SC(=C)CC(CC)C(C)=O)C(C)=O)OC(C)c1cccc(C)c1. The molecule has 0 N–H and O–H groups in total. The Morgan fingerprint density at radius 1 is 1.28 bits per heavy atom. The van der Waals surface area contributed by atoms with Gasteiger partial charge in [0.2, 0.25) is 0 Å². The van der Waals surface area contributed by atoms with E-state index in [-0.39, 0.29) is 23.6 Å². The largest absolute Gasteiger partial charge is 0.486 e. The minimum atomic E-state index is -0.180. The molecule has 0 radical (unpaired) electrons. The fourth-order valence-corrected chi connectivity index (χ4v) is 3.73. The van der Waals surface area contributed by atoms with Crippen LogP contribution in [0.4, 0.5) is 0 Å². The summed E-state index contributed by atoms with van der Waals surface area (Å²) in [6, 6.07) is 8.13. The molecular weight excluding hydrogens is 380 g/mol. The van der Waals surface area contributed by atoms with Crippen molar-refractivity contribution < 1.29 is 14.3 Å². The number of ether oxygens (including phenoxy) is 1. The van der Waals surface area contributed by atoms with E-state index in [2.05, 4.69) is 19.2 Å². The Labute approximate surface area is 179 Å². The Kier molecular flexibility index (Phi) is 10.5. The van der Waals surface area contributed by atoms with Crippen LogP contribution in [0.15, 0.2) is 71.2 Å². The minimum absolute atomic E-state index is 0.0658. The molecule has 0 aromatic heterocycles. The average Bonchev–Trinajstić information content (AvgIpc) is 2.65. The monoisotopic (exact) mass is 412 g/mol. The van der Waals surface area contributed by atoms with Gasteiger partial charge in [-0.15, -0.1) is 0 Å². The van der Waals surface area contributed by atoms with Crippen LogP contribution in [0.5, 0.6) is 0 Å². The summed E-state index contributed by atoms with van der Waals surface area (Å²) < 4.78 is 6.10. The molecule has 2 atom stereocenters. The van der Waals surface area contributed by atoms with Crippen molar-refractivity contribution in [3.05, 3.63) is 82.3 Å². The van der Waals surface area contributed by atoms with Crippen LogP contribution >= 0.6 is 11.8 Å². The van der Waals surface area contributed by atoms with E-state index in [1.54, 1.807) is 25.2 Å². The molecule has 2 unspecified atom stereocenters. The van der Waals surface area contributed by atoms with Gasteiger partial charge in [-0.3, -0.25) is 9.59 Å². The van der Waals surface area contributed by atoms with Gasteiger partial charge in [-0.05, 0) is 63.2 Å². The van der Waals surface area contributed by atoms with E-state index in [1.165, 1.54) is 18.7 Å². The Hall–Kier alpha value is -2.33. The van der Waals surface area contributed by atoms with Gasteiger partial charge >= 0.3 is 0 Å². The molecule has 156 valence electrons. The van der Waals surface area contributed by atoms with E-state index in [0.29, 0.717) is 17.1 Å². The second kappa shape index (κ2) is 12.3. The van der Waals surface area contributed by atoms with Crippen molar-refractivity contribution in [1.82, 2.24) is 0 Å². The van der Waals surface area contributed by atoms with Crippen molar-refractivity contribution >= 4 is 23.3 Å². The van der Waals surface area contributed by atoms with Crippen molar-refractivity contribution in [3.63, 3.8) is 0 Å². The van der Waals surface area contributed by atoms with Crippen LogP contribution in [-0.4, -0.2) is 11.6 Å². The van der Waals surface area contributed by atoms with Gasteiger partial charge in [0, 0.05) is 5.92 Å². The molecule has 0 aliphatic rings. The summed E-state index contributed by atoms with van der Waals surface area (Å²) >= 11 is 1.30. The highest BCUT2D eigenvalue weighted by molar-refractivity contribution is 8.07. The number of rotatable bonds is 12. The maximum absolute atomic E-state index is 12.2. The van der Waals surface area contributed by atoms with Crippen LogP contribution in [0, 0.1) is 12.8 Å². The Bertz CT molecular complexity index is 817. The van der Waals surface area contributed by atoms with Gasteiger partial charge in [-0.25, -0.2) is 0 Å². The summed E-state index contributed by atoms with van der Waals surface area (Å²) in [6.45, 7) is 16.9. The predicted molar refractivity (Wildman–Crippen MR) is 124 cm³/mol. The first kappa shape index (κ1) is 24.7. The normalized spacial score (nSPS) is 14.1. The topological polar surface area (TPSA) is 43.4 Å². The molecule has 0 saturated carbocycles. The Morgan fingerprint density at radius 3 is 2.48 bits per heavy atom. The van der Waals surface area contributed by atoms with Gasteiger partial charge in [-0.1, -0.05) is 67.7 Å². The predicted octanol–water partition coefficient (Wildman–Crippen LogP) is 6.87. The van der Waals surface area contributed by atoms with Crippen LogP contribution < -0.4 is 0 Å². The standard InChI is InChI=1S/C25H32O3S/c1-8-11-24(28-21(7)23-13-10-12-17(3)14-23)16-25(20(6)27)29-18(4)15-22(9-2)19(5)26/h8,10-14,16,21-22H,1,4,9,15H2,2-3,5-7H3/b24-11-,25-16+. The number of hydrogen-bond acceptors (Lipinski definition) is 4. The molecule has 0 aliphatic heterocycles. The first-order chi connectivity index (χ1) is 13.7. The van der Waals surface area contributed by atoms with Crippen molar-refractivity contribution in [3.8, 4) is 0 Å². The second-order valence-electron chi connectivity index (χ2n) is 7.10. The lowest BCUT2D eigenvalue weighted by Gasteiger charge is -2.18. The minimum Gasteiger partial charge on any atom is -0.486 e. The van der Waals surface area contributed by atoms with Crippen molar-refractivity contribution in [2.45, 2.75) is 53.6 Å². The van der Waals surface area contributed by atoms with Crippen LogP contribution in [0.1, 0.15) is 57.8 Å². The fourth-order valence-electron chi connectivity index (χ4n) is 2.81. The highest BCUT2D eigenvalue weighted by Gasteiger charge is 2.17. The number of hydrogen-bond donors (Lipinski definition) is 0. The molecule has 0 aliphatic carbocycles. The van der Waals surface area contributed by atoms with Crippen molar-refractivity contribution in [1.29, 1.82) is 0 Å². The van der Waals surface area contributed by atoms with Crippen LogP contribution in [-0.2, 0) is 14.3 Å². The first-order valence-electron chi connectivity index (χ1n) is 9.82. The van der Waals surface area contributed by atoms with E-state index in [1.807, 2.05) is 39.0 Å². The molecular formula is C25H32O3S. The molecule has 29 heavy (non-hydrogen) atoms. The molecule has 0 bridgehead atoms. The third-order valence-corrected chi connectivity index (χ3v) is 5.60. The van der Waals surface area contributed by atoms with Crippen LogP contribution in [0.25, 0.3) is 0 Å². The van der Waals surface area contributed by atoms with Gasteiger partial charge in [0.1, 0.15) is 17.6 Å². The van der Waals surface area contributed by atoms with E-state index in [4.69, 9.17) is 4.74 Å². The van der Waals surface area contributed by atoms with Gasteiger partial charge in [0.05, 0.1) is 4.91 Å². The molecule has 1 aromatic carbocycles. The maximum Gasteiger partial charge on any atom is 0.166 e. The summed E-state index contributed by atoms with van der Waals surface area (Å²) in [5.41, 5.74) is 2.22. The smallest absolute Gasteiger partial charge is 0.166 e. The molecule has 4 heteroatoms. The number of ketones is 2. The van der Waals surface area contributed by atoms with Crippen LogP contribution in [0.2, 0.25) is 0 Å². The molecule has 1 aromatic rings. The van der Waals surface area contributed by atoms with Crippen LogP contribution in [0.3, 0.4) is 0 Å². The second-order valence-corrected chi connectivity index (χ2v) is 8.33. The number of allylic oxidation sites excluding steroid dienone is 5. The molecule has 3 nitrogen and oxygen atoms in total. The zero-order valence-electron chi connectivity index (χ0n) is 18.2. The third kappa shape index (κ3) is 8.70. The van der Waals surface area contributed by atoms with E-state index in [0.717, 1.165) is 22.5 Å². The number of benzene rings is 1.